The van der Waals surface area contributed by atoms with Crippen LogP contribution in [0.25, 0.3) is 0 Å². The topological polar surface area (TPSA) is 35.2 Å². The summed E-state index contributed by atoms with van der Waals surface area (Å²) in [5.74, 6) is 0. The van der Waals surface area contributed by atoms with E-state index < -0.39 is 0 Å². The second kappa shape index (κ2) is 5.80. The van der Waals surface area contributed by atoms with E-state index in [9.17, 15) is 0 Å². The van der Waals surface area contributed by atoms with Crippen LogP contribution in [-0.4, -0.2) is 18.8 Å². The minimum atomic E-state index is -0.212. The molecule has 1 aromatic rings. The van der Waals surface area contributed by atoms with E-state index in [-0.39, 0.29) is 11.6 Å². The summed E-state index contributed by atoms with van der Waals surface area (Å²) in [4.78, 5) is 2.79. The lowest BCUT2D eigenvalue weighted by atomic mass is 9.91. The number of hydrogen-bond donors (Lipinski definition) is 1. The van der Waals surface area contributed by atoms with Crippen LogP contribution in [0.1, 0.15) is 36.9 Å². The fourth-order valence-electron chi connectivity index (χ4n) is 1.71. The standard InChI is InChI=1S/C13H23NOS/c1-5-10-7-8-11(16-10)9-12(14)13(3,6-2)15-4/h7-8,12H,5-6,9,14H2,1-4H3. The molecule has 2 atom stereocenters. The molecule has 0 bridgehead atoms. The summed E-state index contributed by atoms with van der Waals surface area (Å²) in [6, 6.07) is 4.45. The fraction of sp³-hybridized carbons (Fsp3) is 0.692. The van der Waals surface area contributed by atoms with E-state index in [1.54, 1.807) is 7.11 Å². The highest BCUT2D eigenvalue weighted by molar-refractivity contribution is 7.11. The van der Waals surface area contributed by atoms with Crippen LogP contribution in [0.3, 0.4) is 0 Å². The van der Waals surface area contributed by atoms with Crippen LogP contribution in [0.2, 0.25) is 0 Å². The molecule has 0 amide bonds. The molecule has 2 N–H and O–H groups in total. The van der Waals surface area contributed by atoms with Crippen molar-refractivity contribution in [2.75, 3.05) is 7.11 Å². The molecule has 0 aliphatic rings. The van der Waals surface area contributed by atoms with Crippen LogP contribution in [0.4, 0.5) is 0 Å². The molecule has 1 rings (SSSR count). The quantitative estimate of drug-likeness (QED) is 0.831. The average molecular weight is 241 g/mol. The van der Waals surface area contributed by atoms with Gasteiger partial charge in [0.2, 0.25) is 0 Å². The van der Waals surface area contributed by atoms with Crippen LogP contribution >= 0.6 is 11.3 Å². The van der Waals surface area contributed by atoms with Crippen molar-refractivity contribution in [3.8, 4) is 0 Å². The van der Waals surface area contributed by atoms with Crippen molar-refractivity contribution < 1.29 is 4.74 Å². The van der Waals surface area contributed by atoms with Gasteiger partial charge in [0.25, 0.3) is 0 Å². The van der Waals surface area contributed by atoms with Gasteiger partial charge >= 0.3 is 0 Å². The third-order valence-corrected chi connectivity index (χ3v) is 4.69. The van der Waals surface area contributed by atoms with Gasteiger partial charge in [-0.15, -0.1) is 11.3 Å². The first kappa shape index (κ1) is 13.7. The van der Waals surface area contributed by atoms with Crippen molar-refractivity contribution in [2.24, 2.45) is 5.73 Å². The van der Waals surface area contributed by atoms with Crippen LogP contribution in [0.5, 0.6) is 0 Å². The predicted octanol–water partition coefficient (Wildman–Crippen LogP) is 3.00. The first-order valence-corrected chi connectivity index (χ1v) is 6.75. The van der Waals surface area contributed by atoms with E-state index in [1.807, 2.05) is 11.3 Å². The second-order valence-corrected chi connectivity index (χ2v) is 5.66. The van der Waals surface area contributed by atoms with Crippen molar-refractivity contribution in [1.29, 1.82) is 0 Å². The number of aryl methyl sites for hydroxylation is 1. The summed E-state index contributed by atoms with van der Waals surface area (Å²) in [7, 11) is 1.75. The first-order chi connectivity index (χ1) is 7.55. The molecule has 0 spiro atoms. The molecule has 3 heteroatoms. The zero-order chi connectivity index (χ0) is 12.2. The third kappa shape index (κ3) is 3.06. The lowest BCUT2D eigenvalue weighted by Crippen LogP contribution is -2.47. The molecule has 0 saturated carbocycles. The molecule has 0 aliphatic heterocycles. The Kier molecular flexibility index (Phi) is 4.96. The minimum Gasteiger partial charge on any atom is -0.377 e. The third-order valence-electron chi connectivity index (χ3n) is 3.44. The van der Waals surface area contributed by atoms with Gasteiger partial charge in [0.1, 0.15) is 0 Å². The Labute approximate surface area is 103 Å². The van der Waals surface area contributed by atoms with Gasteiger partial charge in [-0.05, 0) is 38.3 Å². The zero-order valence-corrected chi connectivity index (χ0v) is 11.6. The Bertz CT molecular complexity index is 317. The van der Waals surface area contributed by atoms with Crippen LogP contribution < -0.4 is 5.73 Å². The average Bonchev–Trinajstić information content (AvgIpc) is 2.75. The number of nitrogens with two attached hydrogens (primary N) is 1. The van der Waals surface area contributed by atoms with E-state index >= 15 is 0 Å². The maximum atomic E-state index is 6.24. The Morgan fingerprint density at radius 2 is 2.00 bits per heavy atom. The molecule has 0 fully saturated rings. The highest BCUT2D eigenvalue weighted by atomic mass is 32.1. The van der Waals surface area contributed by atoms with Gasteiger partial charge < -0.3 is 10.5 Å². The van der Waals surface area contributed by atoms with E-state index in [2.05, 4.69) is 32.9 Å². The molecule has 1 heterocycles. The van der Waals surface area contributed by atoms with Crippen LogP contribution in [0, 0.1) is 0 Å². The molecular weight excluding hydrogens is 218 g/mol. The minimum absolute atomic E-state index is 0.0610. The Balaban J connectivity index is 2.66. The molecule has 0 radical (unpaired) electrons. The number of thiophene rings is 1. The smallest absolute Gasteiger partial charge is 0.0801 e. The molecule has 92 valence electrons. The molecule has 0 aliphatic carbocycles. The predicted molar refractivity (Wildman–Crippen MR) is 71.1 cm³/mol. The van der Waals surface area contributed by atoms with Crippen LogP contribution in [-0.2, 0) is 17.6 Å². The van der Waals surface area contributed by atoms with Gasteiger partial charge in [0.05, 0.1) is 5.60 Å². The monoisotopic (exact) mass is 241 g/mol. The van der Waals surface area contributed by atoms with Gasteiger partial charge in [0, 0.05) is 22.9 Å². The number of methoxy groups -OCH3 is 1. The molecule has 0 saturated heterocycles. The van der Waals surface area contributed by atoms with Gasteiger partial charge in [-0.1, -0.05) is 13.8 Å². The van der Waals surface area contributed by atoms with E-state index in [0.717, 1.165) is 19.3 Å². The van der Waals surface area contributed by atoms with E-state index in [0.29, 0.717) is 0 Å². The molecule has 1 aromatic heterocycles. The van der Waals surface area contributed by atoms with E-state index in [1.165, 1.54) is 9.75 Å². The first-order valence-electron chi connectivity index (χ1n) is 5.94. The molecule has 2 unspecified atom stereocenters. The summed E-state index contributed by atoms with van der Waals surface area (Å²) >= 11 is 1.86. The second-order valence-electron chi connectivity index (χ2n) is 4.40. The summed E-state index contributed by atoms with van der Waals surface area (Å²) in [5.41, 5.74) is 6.03. The van der Waals surface area contributed by atoms with Gasteiger partial charge in [-0.25, -0.2) is 0 Å². The van der Waals surface area contributed by atoms with Crippen LogP contribution in [0.15, 0.2) is 12.1 Å². The van der Waals surface area contributed by atoms with E-state index in [4.69, 9.17) is 10.5 Å². The molecular formula is C13H23NOS. The highest BCUT2D eigenvalue weighted by Crippen LogP contribution is 2.24. The Morgan fingerprint density at radius 1 is 1.38 bits per heavy atom. The van der Waals surface area contributed by atoms with Gasteiger partial charge in [0.15, 0.2) is 0 Å². The largest absolute Gasteiger partial charge is 0.377 e. The number of hydrogen-bond acceptors (Lipinski definition) is 3. The molecule has 16 heavy (non-hydrogen) atoms. The normalized spacial score (nSPS) is 17.1. The zero-order valence-electron chi connectivity index (χ0n) is 10.7. The SMILES string of the molecule is CCc1ccc(CC(N)C(C)(CC)OC)s1. The Morgan fingerprint density at radius 3 is 2.44 bits per heavy atom. The summed E-state index contributed by atoms with van der Waals surface area (Å²) in [6.07, 6.45) is 2.95. The van der Waals surface area contributed by atoms with Crippen molar-refractivity contribution in [1.82, 2.24) is 0 Å². The molecule has 0 aromatic carbocycles. The van der Waals surface area contributed by atoms with Crippen molar-refractivity contribution in [3.63, 3.8) is 0 Å². The lowest BCUT2D eigenvalue weighted by Gasteiger charge is -2.33. The number of ether oxygens (including phenoxy) is 1. The van der Waals surface area contributed by atoms with Crippen molar-refractivity contribution >= 4 is 11.3 Å². The van der Waals surface area contributed by atoms with Gasteiger partial charge in [-0.3, -0.25) is 0 Å². The number of rotatable bonds is 6. The van der Waals surface area contributed by atoms with Gasteiger partial charge in [-0.2, -0.15) is 0 Å². The maximum Gasteiger partial charge on any atom is 0.0801 e. The summed E-state index contributed by atoms with van der Waals surface area (Å²) in [6.45, 7) is 6.39. The Hall–Kier alpha value is -0.380. The highest BCUT2D eigenvalue weighted by Gasteiger charge is 2.29. The lowest BCUT2D eigenvalue weighted by molar-refractivity contribution is -0.0182. The maximum absolute atomic E-state index is 6.24. The fourth-order valence-corrected chi connectivity index (χ4v) is 2.73. The van der Waals surface area contributed by atoms with Crippen molar-refractivity contribution in [2.45, 2.75) is 51.7 Å². The summed E-state index contributed by atoms with van der Waals surface area (Å²) in [5, 5.41) is 0. The summed E-state index contributed by atoms with van der Waals surface area (Å²) < 4.78 is 5.53. The molecule has 2 nitrogen and oxygen atoms in total. The van der Waals surface area contributed by atoms with Crippen molar-refractivity contribution in [3.05, 3.63) is 21.9 Å².